The Bertz CT molecular complexity index is 606. The summed E-state index contributed by atoms with van der Waals surface area (Å²) in [5, 5.41) is 6.07. The van der Waals surface area contributed by atoms with Crippen molar-refractivity contribution in [1.82, 2.24) is 10.2 Å². The van der Waals surface area contributed by atoms with Gasteiger partial charge in [-0.1, -0.05) is 6.07 Å². The van der Waals surface area contributed by atoms with Gasteiger partial charge in [0.05, 0.1) is 0 Å². The number of carbonyl (C=O) groups excluding carboxylic acids is 2. The second-order valence-corrected chi connectivity index (χ2v) is 6.86. The van der Waals surface area contributed by atoms with Gasteiger partial charge in [-0.05, 0) is 63.4 Å². The molecule has 2 fully saturated rings. The van der Waals surface area contributed by atoms with Crippen LogP contribution < -0.4 is 10.6 Å². The summed E-state index contributed by atoms with van der Waals surface area (Å²) in [5.41, 5.74) is 1.27. The molecule has 1 aromatic rings. The second-order valence-electron chi connectivity index (χ2n) is 6.86. The monoisotopic (exact) mass is 345 g/mol. The zero-order chi connectivity index (χ0) is 17.6. The van der Waals surface area contributed by atoms with Crippen molar-refractivity contribution >= 4 is 17.5 Å². The average molecular weight is 345 g/mol. The summed E-state index contributed by atoms with van der Waals surface area (Å²) in [6.45, 7) is 3.22. The van der Waals surface area contributed by atoms with E-state index in [4.69, 9.17) is 4.74 Å². The van der Waals surface area contributed by atoms with Gasteiger partial charge in [0.1, 0.15) is 6.10 Å². The van der Waals surface area contributed by atoms with Gasteiger partial charge in [0.2, 0.25) is 0 Å². The highest BCUT2D eigenvalue weighted by molar-refractivity contribution is 5.98. The van der Waals surface area contributed by atoms with E-state index in [1.54, 1.807) is 6.07 Å². The number of nitrogens with one attached hydrogen (secondary N) is 2. The quantitative estimate of drug-likeness (QED) is 0.855. The molecule has 2 heterocycles. The van der Waals surface area contributed by atoms with E-state index in [2.05, 4.69) is 10.6 Å². The van der Waals surface area contributed by atoms with Crippen LogP contribution in [0.3, 0.4) is 0 Å². The topological polar surface area (TPSA) is 70.7 Å². The SMILES string of the molecule is CNCC1CCN(C(=O)c2cccc(NC(=O)C3CCCO3)c2)CC1. The molecule has 2 amide bonds. The molecule has 0 spiro atoms. The molecule has 0 saturated carbocycles. The molecule has 1 aromatic carbocycles. The molecular formula is C19H27N3O3. The fourth-order valence-corrected chi connectivity index (χ4v) is 3.55. The third-order valence-corrected chi connectivity index (χ3v) is 4.99. The third kappa shape index (κ3) is 4.58. The average Bonchev–Trinajstić information content (AvgIpc) is 3.17. The standard InChI is InChI=1S/C19H27N3O3/c1-20-13-14-7-9-22(10-8-14)19(24)15-4-2-5-16(12-15)21-18(23)17-6-3-11-25-17/h2,4-5,12,14,17,20H,3,6-11,13H2,1H3,(H,21,23). The molecule has 0 bridgehead atoms. The normalized spacial score (nSPS) is 21.3. The largest absolute Gasteiger partial charge is 0.368 e. The van der Waals surface area contributed by atoms with Crippen molar-refractivity contribution < 1.29 is 14.3 Å². The Kier molecular flexibility index (Phi) is 6.04. The fraction of sp³-hybridized carbons (Fsp3) is 0.579. The van der Waals surface area contributed by atoms with E-state index >= 15 is 0 Å². The maximum atomic E-state index is 12.7. The van der Waals surface area contributed by atoms with E-state index in [1.807, 2.05) is 30.1 Å². The number of nitrogens with zero attached hydrogens (tertiary/aromatic N) is 1. The molecule has 3 rings (SSSR count). The van der Waals surface area contributed by atoms with Gasteiger partial charge in [0.25, 0.3) is 11.8 Å². The molecule has 0 aliphatic carbocycles. The summed E-state index contributed by atoms with van der Waals surface area (Å²) in [5.74, 6) is 0.553. The lowest BCUT2D eigenvalue weighted by molar-refractivity contribution is -0.124. The van der Waals surface area contributed by atoms with Crippen LogP contribution in [0.4, 0.5) is 5.69 Å². The van der Waals surface area contributed by atoms with Crippen LogP contribution in [0.25, 0.3) is 0 Å². The Morgan fingerprint density at radius 2 is 2.04 bits per heavy atom. The lowest BCUT2D eigenvalue weighted by Crippen LogP contribution is -2.40. The van der Waals surface area contributed by atoms with Gasteiger partial charge in [-0.3, -0.25) is 9.59 Å². The number of rotatable bonds is 5. The Labute approximate surface area is 148 Å². The van der Waals surface area contributed by atoms with Gasteiger partial charge in [0.15, 0.2) is 0 Å². The number of carbonyl (C=O) groups is 2. The summed E-state index contributed by atoms with van der Waals surface area (Å²) >= 11 is 0. The van der Waals surface area contributed by atoms with E-state index in [0.717, 1.165) is 45.3 Å². The van der Waals surface area contributed by atoms with Crippen LogP contribution >= 0.6 is 0 Å². The van der Waals surface area contributed by atoms with Crippen LogP contribution in [0, 0.1) is 5.92 Å². The van der Waals surface area contributed by atoms with Crippen molar-refractivity contribution in [2.24, 2.45) is 5.92 Å². The summed E-state index contributed by atoms with van der Waals surface area (Å²) < 4.78 is 5.40. The maximum absolute atomic E-state index is 12.7. The van der Waals surface area contributed by atoms with Crippen molar-refractivity contribution in [3.8, 4) is 0 Å². The summed E-state index contributed by atoms with van der Waals surface area (Å²) in [6, 6.07) is 7.19. The molecule has 2 N–H and O–H groups in total. The molecule has 0 aromatic heterocycles. The van der Waals surface area contributed by atoms with Gasteiger partial charge in [0, 0.05) is 30.9 Å². The van der Waals surface area contributed by atoms with Crippen molar-refractivity contribution in [2.75, 3.05) is 38.6 Å². The number of anilines is 1. The van der Waals surface area contributed by atoms with Gasteiger partial charge in [-0.25, -0.2) is 0 Å². The van der Waals surface area contributed by atoms with Crippen LogP contribution in [-0.2, 0) is 9.53 Å². The zero-order valence-corrected chi connectivity index (χ0v) is 14.8. The highest BCUT2D eigenvalue weighted by Crippen LogP contribution is 2.20. The van der Waals surface area contributed by atoms with Crippen molar-refractivity contribution in [2.45, 2.75) is 31.8 Å². The Morgan fingerprint density at radius 1 is 1.24 bits per heavy atom. The minimum Gasteiger partial charge on any atom is -0.368 e. The first-order chi connectivity index (χ1) is 12.2. The van der Waals surface area contributed by atoms with E-state index in [9.17, 15) is 9.59 Å². The molecule has 2 aliphatic heterocycles. The van der Waals surface area contributed by atoms with Gasteiger partial charge < -0.3 is 20.3 Å². The first-order valence-corrected chi connectivity index (χ1v) is 9.14. The summed E-state index contributed by atoms with van der Waals surface area (Å²) in [6.07, 6.45) is 3.36. The fourth-order valence-electron chi connectivity index (χ4n) is 3.55. The second kappa shape index (κ2) is 8.45. The molecule has 1 atom stereocenters. The number of amides is 2. The third-order valence-electron chi connectivity index (χ3n) is 4.99. The van der Waals surface area contributed by atoms with E-state index in [0.29, 0.717) is 23.8 Å². The van der Waals surface area contributed by atoms with Crippen LogP contribution in [0.2, 0.25) is 0 Å². The van der Waals surface area contributed by atoms with Crippen molar-refractivity contribution in [1.29, 1.82) is 0 Å². The van der Waals surface area contributed by atoms with Gasteiger partial charge >= 0.3 is 0 Å². The Morgan fingerprint density at radius 3 is 2.72 bits per heavy atom. The molecular weight excluding hydrogens is 318 g/mol. The highest BCUT2D eigenvalue weighted by Gasteiger charge is 2.25. The number of ether oxygens (including phenoxy) is 1. The van der Waals surface area contributed by atoms with Crippen molar-refractivity contribution in [3.05, 3.63) is 29.8 Å². The van der Waals surface area contributed by atoms with E-state index in [1.165, 1.54) is 0 Å². The van der Waals surface area contributed by atoms with E-state index in [-0.39, 0.29) is 17.9 Å². The molecule has 6 nitrogen and oxygen atoms in total. The predicted octanol–water partition coefficient (Wildman–Crippen LogP) is 1.88. The zero-order valence-electron chi connectivity index (χ0n) is 14.8. The Balaban J connectivity index is 1.59. The lowest BCUT2D eigenvalue weighted by Gasteiger charge is -2.32. The van der Waals surface area contributed by atoms with E-state index < -0.39 is 0 Å². The minimum atomic E-state index is -0.370. The summed E-state index contributed by atoms with van der Waals surface area (Å²) in [7, 11) is 1.97. The van der Waals surface area contributed by atoms with Crippen LogP contribution in [-0.4, -0.2) is 56.1 Å². The molecule has 1 unspecified atom stereocenters. The van der Waals surface area contributed by atoms with Gasteiger partial charge in [-0.15, -0.1) is 0 Å². The first kappa shape index (κ1) is 17.9. The number of likely N-dealkylation sites (tertiary alicyclic amines) is 1. The lowest BCUT2D eigenvalue weighted by atomic mass is 9.96. The smallest absolute Gasteiger partial charge is 0.253 e. The number of benzene rings is 1. The molecule has 2 aliphatic rings. The molecule has 25 heavy (non-hydrogen) atoms. The summed E-state index contributed by atoms with van der Waals surface area (Å²) in [4.78, 5) is 26.8. The number of piperidine rings is 1. The Hall–Kier alpha value is -1.92. The molecule has 2 saturated heterocycles. The molecule has 0 radical (unpaired) electrons. The van der Waals surface area contributed by atoms with Crippen LogP contribution in [0.5, 0.6) is 0 Å². The number of hydrogen-bond acceptors (Lipinski definition) is 4. The van der Waals surface area contributed by atoms with Crippen LogP contribution in [0.15, 0.2) is 24.3 Å². The highest BCUT2D eigenvalue weighted by atomic mass is 16.5. The minimum absolute atomic E-state index is 0.0381. The predicted molar refractivity (Wildman–Crippen MR) is 96.6 cm³/mol. The number of hydrogen-bond donors (Lipinski definition) is 2. The van der Waals surface area contributed by atoms with Crippen molar-refractivity contribution in [3.63, 3.8) is 0 Å². The molecule has 6 heteroatoms. The molecule has 136 valence electrons. The van der Waals surface area contributed by atoms with Gasteiger partial charge in [-0.2, -0.15) is 0 Å². The maximum Gasteiger partial charge on any atom is 0.253 e. The first-order valence-electron chi connectivity index (χ1n) is 9.14. The van der Waals surface area contributed by atoms with Crippen LogP contribution in [0.1, 0.15) is 36.0 Å².